The molecule has 0 bridgehead atoms. The predicted octanol–water partition coefficient (Wildman–Crippen LogP) is 2.41. The van der Waals surface area contributed by atoms with Crippen molar-refractivity contribution < 1.29 is 14.2 Å². The van der Waals surface area contributed by atoms with Crippen LogP contribution in [0.2, 0.25) is 0 Å². The second-order valence-electron chi connectivity index (χ2n) is 5.69. The summed E-state index contributed by atoms with van der Waals surface area (Å²) in [6.07, 6.45) is 3.34. The first kappa shape index (κ1) is 16.8. The summed E-state index contributed by atoms with van der Waals surface area (Å²) in [5, 5.41) is 9.27. The van der Waals surface area contributed by atoms with Crippen molar-refractivity contribution in [2.45, 2.75) is 18.9 Å². The van der Waals surface area contributed by atoms with E-state index in [2.05, 4.69) is 20.9 Å². The number of methoxy groups -OCH3 is 2. The van der Waals surface area contributed by atoms with E-state index in [9.17, 15) is 5.26 Å². The fourth-order valence-corrected chi connectivity index (χ4v) is 2.81. The largest absolute Gasteiger partial charge is 0.497 e. The number of ether oxygens (including phenoxy) is 3. The highest BCUT2D eigenvalue weighted by Gasteiger charge is 2.24. The molecule has 0 unspecified atom stereocenters. The number of rotatable bonds is 5. The second-order valence-corrected chi connectivity index (χ2v) is 5.69. The van der Waals surface area contributed by atoms with Gasteiger partial charge in [-0.3, -0.25) is 0 Å². The Morgan fingerprint density at radius 2 is 1.76 bits per heavy atom. The van der Waals surface area contributed by atoms with E-state index in [1.54, 1.807) is 7.11 Å². The van der Waals surface area contributed by atoms with Crippen LogP contribution in [0.25, 0.3) is 0 Å². The third-order valence-electron chi connectivity index (χ3n) is 4.15. The van der Waals surface area contributed by atoms with Gasteiger partial charge in [-0.25, -0.2) is 4.98 Å². The molecule has 0 radical (unpaired) electrons. The van der Waals surface area contributed by atoms with Crippen LogP contribution in [0, 0.1) is 11.3 Å². The fraction of sp³-hybridized carbons (Fsp3) is 0.389. The van der Waals surface area contributed by atoms with Crippen LogP contribution in [0.3, 0.4) is 0 Å². The lowest BCUT2D eigenvalue weighted by Crippen LogP contribution is -2.39. The molecule has 0 saturated carbocycles. The van der Waals surface area contributed by atoms with Crippen LogP contribution in [0.4, 0.5) is 5.82 Å². The number of benzene rings is 1. The van der Waals surface area contributed by atoms with Gasteiger partial charge in [-0.05, 0) is 24.3 Å². The van der Waals surface area contributed by atoms with E-state index >= 15 is 0 Å². The number of aromatic nitrogens is 2. The Balaban J connectivity index is 1.62. The zero-order valence-corrected chi connectivity index (χ0v) is 14.3. The van der Waals surface area contributed by atoms with Crippen LogP contribution in [0.1, 0.15) is 18.4 Å². The molecule has 0 amide bonds. The summed E-state index contributed by atoms with van der Waals surface area (Å²) in [7, 11) is 3.16. The fourth-order valence-electron chi connectivity index (χ4n) is 2.81. The second kappa shape index (κ2) is 7.71. The summed E-state index contributed by atoms with van der Waals surface area (Å²) in [4.78, 5) is 10.4. The normalized spacial score (nSPS) is 14.7. The van der Waals surface area contributed by atoms with Crippen molar-refractivity contribution in [1.82, 2.24) is 9.97 Å². The highest BCUT2D eigenvalue weighted by atomic mass is 16.5. The smallest absolute Gasteiger partial charge is 0.318 e. The van der Waals surface area contributed by atoms with Crippen molar-refractivity contribution in [2.75, 3.05) is 32.2 Å². The molecule has 0 atom stereocenters. The van der Waals surface area contributed by atoms with E-state index in [1.165, 1.54) is 13.3 Å². The van der Waals surface area contributed by atoms with Gasteiger partial charge in [-0.15, -0.1) is 0 Å². The number of nitriles is 1. The molecule has 1 aliphatic rings. The molecule has 3 rings (SSSR count). The van der Waals surface area contributed by atoms with Crippen molar-refractivity contribution in [3.05, 3.63) is 36.0 Å². The minimum absolute atomic E-state index is 0.138. The summed E-state index contributed by atoms with van der Waals surface area (Å²) in [6, 6.07) is 10.0. The number of anilines is 1. The lowest BCUT2D eigenvalue weighted by molar-refractivity contribution is 0.170. The Kier molecular flexibility index (Phi) is 5.19. The maximum Gasteiger partial charge on any atom is 0.318 e. The van der Waals surface area contributed by atoms with Gasteiger partial charge >= 0.3 is 6.01 Å². The molecular weight excluding hydrogens is 320 g/mol. The summed E-state index contributed by atoms with van der Waals surface area (Å²) in [6.45, 7) is 1.52. The Labute approximate surface area is 146 Å². The van der Waals surface area contributed by atoms with Gasteiger partial charge in [0.05, 0.1) is 20.4 Å². The first-order valence-electron chi connectivity index (χ1n) is 8.10. The van der Waals surface area contributed by atoms with Gasteiger partial charge in [0.2, 0.25) is 0 Å². The monoisotopic (exact) mass is 340 g/mol. The van der Waals surface area contributed by atoms with Crippen LogP contribution in [0.5, 0.6) is 17.5 Å². The van der Waals surface area contributed by atoms with Crippen LogP contribution < -0.4 is 19.1 Å². The van der Waals surface area contributed by atoms with Gasteiger partial charge < -0.3 is 19.1 Å². The Hall–Kier alpha value is -3.01. The molecule has 1 aromatic carbocycles. The molecule has 7 nitrogen and oxygen atoms in total. The van der Waals surface area contributed by atoms with Crippen molar-refractivity contribution in [1.29, 1.82) is 5.26 Å². The molecule has 0 aliphatic carbocycles. The number of hydrogen-bond acceptors (Lipinski definition) is 7. The highest BCUT2D eigenvalue weighted by molar-refractivity contribution is 5.53. The molecule has 130 valence electrons. The molecule has 1 aliphatic heterocycles. The average molecular weight is 340 g/mol. The van der Waals surface area contributed by atoms with Gasteiger partial charge in [0.1, 0.15) is 29.2 Å². The molecule has 1 aromatic heterocycles. The van der Waals surface area contributed by atoms with Crippen molar-refractivity contribution in [3.63, 3.8) is 0 Å². The molecule has 1 saturated heterocycles. The topological polar surface area (TPSA) is 80.5 Å². The van der Waals surface area contributed by atoms with Crippen LogP contribution in [-0.4, -0.2) is 43.4 Å². The van der Waals surface area contributed by atoms with E-state index in [0.29, 0.717) is 11.4 Å². The minimum atomic E-state index is 0.138. The Bertz CT molecular complexity index is 750. The lowest BCUT2D eigenvalue weighted by atomic mass is 10.1. The van der Waals surface area contributed by atoms with Crippen molar-refractivity contribution in [3.8, 4) is 23.6 Å². The summed E-state index contributed by atoms with van der Waals surface area (Å²) >= 11 is 0. The van der Waals surface area contributed by atoms with Crippen LogP contribution in [0.15, 0.2) is 30.5 Å². The zero-order chi connectivity index (χ0) is 17.6. The van der Waals surface area contributed by atoms with E-state index in [1.807, 2.05) is 24.3 Å². The molecule has 0 N–H and O–H groups in total. The third-order valence-corrected chi connectivity index (χ3v) is 4.15. The molecule has 25 heavy (non-hydrogen) atoms. The molecule has 7 heteroatoms. The molecule has 1 fully saturated rings. The highest BCUT2D eigenvalue weighted by Crippen LogP contribution is 2.26. The molecule has 2 heterocycles. The first-order chi connectivity index (χ1) is 12.2. The SMILES string of the molecule is COc1ccc(OC2CCN(c3nc(OC)ncc3C#N)CC2)cc1. The zero-order valence-electron chi connectivity index (χ0n) is 14.3. The number of hydrogen-bond donors (Lipinski definition) is 0. The molecular formula is C18H20N4O3. The minimum Gasteiger partial charge on any atom is -0.497 e. The Morgan fingerprint density at radius 1 is 1.08 bits per heavy atom. The molecule has 0 spiro atoms. The van der Waals surface area contributed by atoms with Crippen molar-refractivity contribution >= 4 is 5.82 Å². The molecule has 2 aromatic rings. The standard InChI is InChI=1S/C18H20N4O3/c1-23-14-3-5-15(6-4-14)25-16-7-9-22(10-8-16)17-13(11-19)12-20-18(21-17)24-2/h3-6,12,16H,7-10H2,1-2H3. The number of nitrogens with zero attached hydrogens (tertiary/aromatic N) is 4. The predicted molar refractivity (Wildman–Crippen MR) is 92.2 cm³/mol. The number of piperidine rings is 1. The van der Waals surface area contributed by atoms with Gasteiger partial charge in [0.25, 0.3) is 0 Å². The Morgan fingerprint density at radius 3 is 2.36 bits per heavy atom. The van der Waals surface area contributed by atoms with Gasteiger partial charge in [-0.2, -0.15) is 10.2 Å². The van der Waals surface area contributed by atoms with Gasteiger partial charge in [-0.1, -0.05) is 0 Å². The van der Waals surface area contributed by atoms with E-state index in [0.717, 1.165) is 37.4 Å². The van der Waals surface area contributed by atoms with Crippen molar-refractivity contribution in [2.24, 2.45) is 0 Å². The maximum absolute atomic E-state index is 9.27. The first-order valence-corrected chi connectivity index (χ1v) is 8.10. The summed E-state index contributed by atoms with van der Waals surface area (Å²) in [5.74, 6) is 2.27. The lowest BCUT2D eigenvalue weighted by Gasteiger charge is -2.33. The van der Waals surface area contributed by atoms with E-state index in [4.69, 9.17) is 14.2 Å². The van der Waals surface area contributed by atoms with E-state index in [-0.39, 0.29) is 12.1 Å². The summed E-state index contributed by atoms with van der Waals surface area (Å²) in [5.41, 5.74) is 0.454. The van der Waals surface area contributed by atoms with Gasteiger partial charge in [0, 0.05) is 25.9 Å². The van der Waals surface area contributed by atoms with E-state index < -0.39 is 0 Å². The van der Waals surface area contributed by atoms with Crippen LogP contribution >= 0.6 is 0 Å². The maximum atomic E-state index is 9.27. The summed E-state index contributed by atoms with van der Waals surface area (Å²) < 4.78 is 16.3. The van der Waals surface area contributed by atoms with Gasteiger partial charge in [0.15, 0.2) is 5.82 Å². The average Bonchev–Trinajstić information content (AvgIpc) is 2.68. The van der Waals surface area contributed by atoms with Crippen LogP contribution in [-0.2, 0) is 0 Å². The third kappa shape index (κ3) is 3.91. The quantitative estimate of drug-likeness (QED) is 0.827.